The van der Waals surface area contributed by atoms with E-state index >= 15 is 0 Å². The van der Waals surface area contributed by atoms with Crippen molar-refractivity contribution < 1.29 is 0 Å². The van der Waals surface area contributed by atoms with Gasteiger partial charge in [-0.1, -0.05) is 12.1 Å². The van der Waals surface area contributed by atoms with Gasteiger partial charge in [-0.2, -0.15) is 4.98 Å². The molecule has 1 aliphatic rings. The molecule has 0 spiro atoms. The van der Waals surface area contributed by atoms with Crippen LogP contribution in [-0.4, -0.2) is 35.6 Å². The molecule has 3 rings (SSSR count). The molecule has 5 N–H and O–H groups in total. The van der Waals surface area contributed by atoms with E-state index in [-0.39, 0.29) is 24.8 Å². The molecular weight excluding hydrogens is 383 g/mol. The van der Waals surface area contributed by atoms with Crippen molar-refractivity contribution in [3.8, 4) is 0 Å². The highest BCUT2D eigenvalue weighted by Crippen LogP contribution is 2.35. The SMILES string of the molecule is CCN(CCNc1cc(C2CC(N)C2)nc(N)n1)c1cccc(C)c1.Cl.Cl. The molecule has 150 valence electrons. The molecule has 1 aromatic heterocycles. The first-order valence-corrected chi connectivity index (χ1v) is 9.00. The van der Waals surface area contributed by atoms with E-state index in [1.54, 1.807) is 0 Å². The molecule has 1 saturated carbocycles. The molecule has 8 heteroatoms. The molecular formula is C19H30Cl2N6. The molecule has 0 unspecified atom stereocenters. The summed E-state index contributed by atoms with van der Waals surface area (Å²) in [5.74, 6) is 1.54. The lowest BCUT2D eigenvalue weighted by Gasteiger charge is -2.32. The Balaban J connectivity index is 0.00000182. The first-order chi connectivity index (χ1) is 12.0. The largest absolute Gasteiger partial charge is 0.370 e. The van der Waals surface area contributed by atoms with E-state index in [1.165, 1.54) is 11.3 Å². The Kier molecular flexibility index (Phi) is 9.09. The molecule has 1 heterocycles. The highest BCUT2D eigenvalue weighted by molar-refractivity contribution is 5.85. The number of nitrogens with one attached hydrogen (secondary N) is 1. The van der Waals surface area contributed by atoms with Crippen molar-refractivity contribution >= 4 is 42.3 Å². The van der Waals surface area contributed by atoms with Gasteiger partial charge >= 0.3 is 0 Å². The van der Waals surface area contributed by atoms with Crippen LogP contribution in [0.2, 0.25) is 0 Å². The lowest BCUT2D eigenvalue weighted by Crippen LogP contribution is -2.35. The third kappa shape index (κ3) is 6.13. The predicted molar refractivity (Wildman–Crippen MR) is 118 cm³/mol. The fourth-order valence-corrected chi connectivity index (χ4v) is 3.30. The predicted octanol–water partition coefficient (Wildman–Crippen LogP) is 3.35. The van der Waals surface area contributed by atoms with Crippen molar-refractivity contribution in [1.82, 2.24) is 9.97 Å². The number of benzene rings is 1. The average molecular weight is 413 g/mol. The van der Waals surface area contributed by atoms with E-state index in [0.717, 1.165) is 44.0 Å². The number of aryl methyl sites for hydroxylation is 1. The molecule has 0 bridgehead atoms. The van der Waals surface area contributed by atoms with Gasteiger partial charge < -0.3 is 21.7 Å². The first kappa shape index (κ1) is 23.3. The number of rotatable bonds is 7. The van der Waals surface area contributed by atoms with Crippen LogP contribution in [0.4, 0.5) is 17.5 Å². The zero-order valence-electron chi connectivity index (χ0n) is 15.9. The standard InChI is InChI=1S/C19H28N6.2ClH/c1-3-25(16-6-4-5-13(2)9-16)8-7-22-18-12-17(23-19(21)24-18)14-10-15(20)11-14;;/h4-6,9,12,14-15H,3,7-8,10-11,20H2,1-2H3,(H3,21,22,23,24);2*1H. The number of nitrogens with two attached hydrogens (primary N) is 2. The Morgan fingerprint density at radius 3 is 2.56 bits per heavy atom. The summed E-state index contributed by atoms with van der Waals surface area (Å²) in [6, 6.07) is 10.9. The molecule has 0 saturated heterocycles. The monoisotopic (exact) mass is 412 g/mol. The van der Waals surface area contributed by atoms with Gasteiger partial charge in [0.25, 0.3) is 0 Å². The quantitative estimate of drug-likeness (QED) is 0.645. The minimum absolute atomic E-state index is 0. The van der Waals surface area contributed by atoms with Crippen LogP contribution in [0.1, 0.15) is 36.9 Å². The van der Waals surface area contributed by atoms with E-state index in [1.807, 2.05) is 6.07 Å². The van der Waals surface area contributed by atoms with Gasteiger partial charge in [0.2, 0.25) is 5.95 Å². The van der Waals surface area contributed by atoms with E-state index in [9.17, 15) is 0 Å². The number of hydrogen-bond donors (Lipinski definition) is 3. The average Bonchev–Trinajstić information content (AvgIpc) is 2.55. The number of halogens is 2. The minimum atomic E-state index is 0. The van der Waals surface area contributed by atoms with Crippen molar-refractivity contribution in [3.05, 3.63) is 41.6 Å². The molecule has 6 nitrogen and oxygen atoms in total. The van der Waals surface area contributed by atoms with Gasteiger partial charge in [-0.25, -0.2) is 4.98 Å². The molecule has 0 aliphatic heterocycles. The number of nitrogens with zero attached hydrogens (tertiary/aromatic N) is 3. The number of hydrogen-bond acceptors (Lipinski definition) is 6. The first-order valence-electron chi connectivity index (χ1n) is 9.00. The van der Waals surface area contributed by atoms with Crippen molar-refractivity contribution in [1.29, 1.82) is 0 Å². The van der Waals surface area contributed by atoms with Gasteiger partial charge in [0, 0.05) is 43.3 Å². The van der Waals surface area contributed by atoms with Crippen LogP contribution >= 0.6 is 24.8 Å². The van der Waals surface area contributed by atoms with E-state index < -0.39 is 0 Å². The highest BCUT2D eigenvalue weighted by Gasteiger charge is 2.29. The summed E-state index contributed by atoms with van der Waals surface area (Å²) in [6.45, 7) is 6.94. The number of anilines is 3. The molecule has 1 aliphatic carbocycles. The van der Waals surface area contributed by atoms with Crippen molar-refractivity contribution in [2.75, 3.05) is 35.6 Å². The second-order valence-electron chi connectivity index (χ2n) is 6.81. The van der Waals surface area contributed by atoms with Gasteiger partial charge in [0.1, 0.15) is 5.82 Å². The van der Waals surface area contributed by atoms with Crippen molar-refractivity contribution in [2.24, 2.45) is 5.73 Å². The molecule has 0 amide bonds. The maximum absolute atomic E-state index is 5.88. The van der Waals surface area contributed by atoms with Crippen LogP contribution in [-0.2, 0) is 0 Å². The smallest absolute Gasteiger partial charge is 0.222 e. The summed E-state index contributed by atoms with van der Waals surface area (Å²) in [5, 5.41) is 3.39. The van der Waals surface area contributed by atoms with E-state index in [4.69, 9.17) is 11.5 Å². The maximum atomic E-state index is 5.88. The number of likely N-dealkylation sites (N-methyl/N-ethyl adjacent to an activating group) is 1. The Hall–Kier alpha value is -1.76. The summed E-state index contributed by atoms with van der Waals surface area (Å²) in [7, 11) is 0. The zero-order valence-corrected chi connectivity index (χ0v) is 17.5. The van der Waals surface area contributed by atoms with Crippen LogP contribution < -0.4 is 21.7 Å². The Bertz CT molecular complexity index is 721. The lowest BCUT2D eigenvalue weighted by atomic mass is 9.78. The number of aromatic nitrogens is 2. The Morgan fingerprint density at radius 1 is 1.19 bits per heavy atom. The Labute approximate surface area is 174 Å². The van der Waals surface area contributed by atoms with Crippen molar-refractivity contribution in [3.63, 3.8) is 0 Å². The lowest BCUT2D eigenvalue weighted by molar-refractivity contribution is 0.345. The van der Waals surface area contributed by atoms with Gasteiger partial charge in [-0.05, 0) is 44.4 Å². The van der Waals surface area contributed by atoms with Crippen LogP contribution in [0.15, 0.2) is 30.3 Å². The molecule has 1 fully saturated rings. The normalized spacial score (nSPS) is 17.9. The molecule has 27 heavy (non-hydrogen) atoms. The summed E-state index contributed by atoms with van der Waals surface area (Å²) in [5.41, 5.74) is 15.3. The fourth-order valence-electron chi connectivity index (χ4n) is 3.30. The summed E-state index contributed by atoms with van der Waals surface area (Å²) in [4.78, 5) is 11.0. The van der Waals surface area contributed by atoms with Gasteiger partial charge in [0.05, 0.1) is 5.69 Å². The van der Waals surface area contributed by atoms with Gasteiger partial charge in [0.15, 0.2) is 0 Å². The molecule has 1 aromatic carbocycles. The van der Waals surface area contributed by atoms with Gasteiger partial charge in [-0.15, -0.1) is 24.8 Å². The summed E-state index contributed by atoms with van der Waals surface area (Å²) < 4.78 is 0. The Morgan fingerprint density at radius 2 is 1.93 bits per heavy atom. The summed E-state index contributed by atoms with van der Waals surface area (Å²) >= 11 is 0. The van der Waals surface area contributed by atoms with Crippen LogP contribution in [0.25, 0.3) is 0 Å². The minimum Gasteiger partial charge on any atom is -0.370 e. The number of nitrogen functional groups attached to an aromatic ring is 1. The fraction of sp³-hybridized carbons (Fsp3) is 0.474. The second kappa shape index (κ2) is 10.5. The summed E-state index contributed by atoms with van der Waals surface area (Å²) in [6.07, 6.45) is 1.96. The molecule has 0 radical (unpaired) electrons. The van der Waals surface area contributed by atoms with Crippen molar-refractivity contribution in [2.45, 2.75) is 38.6 Å². The third-order valence-corrected chi connectivity index (χ3v) is 4.79. The van der Waals surface area contributed by atoms with E-state index in [2.05, 4.69) is 58.3 Å². The highest BCUT2D eigenvalue weighted by atomic mass is 35.5. The zero-order chi connectivity index (χ0) is 17.8. The van der Waals surface area contributed by atoms with Crippen LogP contribution in [0, 0.1) is 6.92 Å². The van der Waals surface area contributed by atoms with E-state index in [0.29, 0.717) is 17.9 Å². The van der Waals surface area contributed by atoms with Crippen LogP contribution in [0.5, 0.6) is 0 Å². The third-order valence-electron chi connectivity index (χ3n) is 4.79. The molecule has 0 atom stereocenters. The molecule has 2 aromatic rings. The van der Waals surface area contributed by atoms with Crippen LogP contribution in [0.3, 0.4) is 0 Å². The van der Waals surface area contributed by atoms with Gasteiger partial charge in [-0.3, -0.25) is 0 Å². The second-order valence-corrected chi connectivity index (χ2v) is 6.81. The maximum Gasteiger partial charge on any atom is 0.222 e. The topological polar surface area (TPSA) is 93.1 Å².